The monoisotopic (exact) mass is 787 g/mol. The molecule has 1 atom stereocenters. The predicted molar refractivity (Wildman–Crippen MR) is 238 cm³/mol. The van der Waals surface area contributed by atoms with Crippen molar-refractivity contribution in [3.63, 3.8) is 0 Å². The van der Waals surface area contributed by atoms with E-state index in [0.29, 0.717) is 19.3 Å². The SMILES string of the molecule is CCCC/C=C\CCCCCCCC(=O)OCC(COC(=O)CCCCCCC/C=C\C/C=C\CCCCC)OC(=O)CCCCCCCCCCCCCC. The van der Waals surface area contributed by atoms with Crippen LogP contribution in [0.5, 0.6) is 0 Å². The van der Waals surface area contributed by atoms with Gasteiger partial charge in [-0.2, -0.15) is 0 Å². The van der Waals surface area contributed by atoms with Crippen molar-refractivity contribution in [2.24, 2.45) is 0 Å². The van der Waals surface area contributed by atoms with Crippen LogP contribution in [0.4, 0.5) is 0 Å². The highest BCUT2D eigenvalue weighted by Gasteiger charge is 2.19. The minimum Gasteiger partial charge on any atom is -0.462 e. The van der Waals surface area contributed by atoms with Gasteiger partial charge in [-0.15, -0.1) is 0 Å². The van der Waals surface area contributed by atoms with Gasteiger partial charge in [0.2, 0.25) is 0 Å². The summed E-state index contributed by atoms with van der Waals surface area (Å²) in [6.07, 6.45) is 51.2. The van der Waals surface area contributed by atoms with Crippen molar-refractivity contribution < 1.29 is 28.6 Å². The van der Waals surface area contributed by atoms with Crippen LogP contribution in [0.15, 0.2) is 36.5 Å². The van der Waals surface area contributed by atoms with Crippen molar-refractivity contribution in [3.8, 4) is 0 Å². The van der Waals surface area contributed by atoms with Crippen molar-refractivity contribution in [1.82, 2.24) is 0 Å². The van der Waals surface area contributed by atoms with Crippen molar-refractivity contribution in [3.05, 3.63) is 36.5 Å². The molecule has 0 saturated carbocycles. The summed E-state index contributed by atoms with van der Waals surface area (Å²) in [7, 11) is 0. The van der Waals surface area contributed by atoms with E-state index in [-0.39, 0.29) is 31.1 Å². The molecule has 1 unspecified atom stereocenters. The highest BCUT2D eigenvalue weighted by Crippen LogP contribution is 2.14. The number of ether oxygens (including phenoxy) is 3. The minimum atomic E-state index is -0.775. The molecule has 0 fully saturated rings. The highest BCUT2D eigenvalue weighted by atomic mass is 16.6. The first-order valence-corrected chi connectivity index (χ1v) is 24.0. The maximum atomic E-state index is 12.7. The van der Waals surface area contributed by atoms with Crippen LogP contribution < -0.4 is 0 Å². The number of rotatable bonds is 43. The van der Waals surface area contributed by atoms with Crippen LogP contribution in [0.3, 0.4) is 0 Å². The van der Waals surface area contributed by atoms with Crippen LogP contribution in [-0.2, 0) is 28.6 Å². The van der Waals surface area contributed by atoms with Gasteiger partial charge in [0.15, 0.2) is 6.10 Å². The molecule has 6 nitrogen and oxygen atoms in total. The first-order chi connectivity index (χ1) is 27.5. The molecule has 0 amide bonds. The molecular formula is C50H90O6. The zero-order chi connectivity index (χ0) is 40.8. The Morgan fingerprint density at radius 1 is 0.357 bits per heavy atom. The molecule has 0 N–H and O–H groups in total. The zero-order valence-electron chi connectivity index (χ0n) is 37.2. The van der Waals surface area contributed by atoms with E-state index in [1.807, 2.05) is 0 Å². The van der Waals surface area contributed by atoms with Crippen LogP contribution in [0.25, 0.3) is 0 Å². The first-order valence-electron chi connectivity index (χ1n) is 24.0. The largest absolute Gasteiger partial charge is 0.462 e. The maximum absolute atomic E-state index is 12.7. The molecule has 6 heteroatoms. The third kappa shape index (κ3) is 42.8. The molecule has 0 aromatic rings. The Bertz CT molecular complexity index is 953. The summed E-state index contributed by atoms with van der Waals surface area (Å²) < 4.78 is 16.7. The third-order valence-electron chi connectivity index (χ3n) is 10.4. The summed E-state index contributed by atoms with van der Waals surface area (Å²) >= 11 is 0. The van der Waals surface area contributed by atoms with Gasteiger partial charge in [0.1, 0.15) is 13.2 Å². The minimum absolute atomic E-state index is 0.0790. The number of carbonyl (C=O) groups is 3. The molecule has 0 saturated heterocycles. The Kier molecular flexibility index (Phi) is 43.4. The molecule has 0 rings (SSSR count). The molecule has 0 aliphatic carbocycles. The van der Waals surface area contributed by atoms with E-state index in [0.717, 1.165) is 83.5 Å². The standard InChI is InChI=1S/C50H90O6/c1-4-7-10-13-16-19-22-24-25-26-29-31-34-37-40-43-49(52)55-46-47(45-54-48(51)42-39-36-33-30-27-21-18-15-12-9-6-3)56-50(53)44-41-38-35-32-28-23-20-17-14-11-8-5-2/h15-16,18-19,24-25,47H,4-14,17,20-23,26-46H2,1-3H3/b18-15-,19-16-,25-24-. The van der Waals surface area contributed by atoms with Crippen LogP contribution in [0.2, 0.25) is 0 Å². The normalized spacial score (nSPS) is 12.3. The molecule has 0 aromatic heterocycles. The quantitative estimate of drug-likeness (QED) is 0.0265. The van der Waals surface area contributed by atoms with Gasteiger partial charge < -0.3 is 14.2 Å². The number of hydrogen-bond donors (Lipinski definition) is 0. The van der Waals surface area contributed by atoms with Gasteiger partial charge in [-0.05, 0) is 70.6 Å². The second-order valence-corrected chi connectivity index (χ2v) is 16.0. The fourth-order valence-corrected chi connectivity index (χ4v) is 6.69. The lowest BCUT2D eigenvalue weighted by Crippen LogP contribution is -2.30. The average molecular weight is 787 g/mol. The van der Waals surface area contributed by atoms with E-state index in [1.54, 1.807) is 0 Å². The van der Waals surface area contributed by atoms with Crippen molar-refractivity contribution in [2.45, 2.75) is 252 Å². The topological polar surface area (TPSA) is 78.9 Å². The van der Waals surface area contributed by atoms with E-state index in [1.165, 1.54) is 122 Å². The Hall–Kier alpha value is -2.37. The number of esters is 3. The van der Waals surface area contributed by atoms with Gasteiger partial charge in [0, 0.05) is 19.3 Å². The van der Waals surface area contributed by atoms with E-state index in [4.69, 9.17) is 14.2 Å². The van der Waals surface area contributed by atoms with Crippen LogP contribution >= 0.6 is 0 Å². The third-order valence-corrected chi connectivity index (χ3v) is 10.4. The smallest absolute Gasteiger partial charge is 0.306 e. The lowest BCUT2D eigenvalue weighted by molar-refractivity contribution is -0.167. The average Bonchev–Trinajstić information content (AvgIpc) is 3.19. The zero-order valence-corrected chi connectivity index (χ0v) is 37.2. The molecule has 0 radical (unpaired) electrons. The number of hydrogen-bond acceptors (Lipinski definition) is 6. The van der Waals surface area contributed by atoms with Gasteiger partial charge in [-0.3, -0.25) is 14.4 Å². The lowest BCUT2D eigenvalue weighted by atomic mass is 10.0. The summed E-state index contributed by atoms with van der Waals surface area (Å²) in [6.45, 7) is 6.55. The van der Waals surface area contributed by atoms with Gasteiger partial charge >= 0.3 is 17.9 Å². The Balaban J connectivity index is 4.38. The Labute approximate surface area is 346 Å². The summed E-state index contributed by atoms with van der Waals surface area (Å²) in [6, 6.07) is 0. The van der Waals surface area contributed by atoms with Gasteiger partial charge in [0.25, 0.3) is 0 Å². The molecule has 0 aliphatic rings. The molecule has 0 heterocycles. The van der Waals surface area contributed by atoms with Crippen LogP contribution in [0, 0.1) is 0 Å². The number of carbonyl (C=O) groups excluding carboxylic acids is 3. The molecule has 0 aromatic carbocycles. The van der Waals surface area contributed by atoms with Gasteiger partial charge in [-0.25, -0.2) is 0 Å². The van der Waals surface area contributed by atoms with Gasteiger partial charge in [0.05, 0.1) is 0 Å². The highest BCUT2D eigenvalue weighted by molar-refractivity contribution is 5.71. The maximum Gasteiger partial charge on any atom is 0.306 e. The summed E-state index contributed by atoms with van der Waals surface area (Å²) in [5.74, 6) is -0.897. The van der Waals surface area contributed by atoms with E-state index in [9.17, 15) is 14.4 Å². The van der Waals surface area contributed by atoms with E-state index >= 15 is 0 Å². The summed E-state index contributed by atoms with van der Waals surface area (Å²) in [5, 5.41) is 0. The van der Waals surface area contributed by atoms with Crippen molar-refractivity contribution >= 4 is 17.9 Å². The first kappa shape index (κ1) is 53.6. The summed E-state index contributed by atoms with van der Waals surface area (Å²) in [4.78, 5) is 37.8. The molecule has 0 bridgehead atoms. The van der Waals surface area contributed by atoms with Crippen LogP contribution in [0.1, 0.15) is 245 Å². The molecule has 0 spiro atoms. The Morgan fingerprint density at radius 3 is 1.09 bits per heavy atom. The number of unbranched alkanes of at least 4 members (excludes halogenated alkanes) is 26. The second-order valence-electron chi connectivity index (χ2n) is 16.0. The van der Waals surface area contributed by atoms with Crippen molar-refractivity contribution in [1.29, 1.82) is 0 Å². The molecular weight excluding hydrogens is 697 g/mol. The fraction of sp³-hybridized carbons (Fsp3) is 0.820. The number of allylic oxidation sites excluding steroid dienone is 6. The molecule has 326 valence electrons. The molecule has 0 aliphatic heterocycles. The van der Waals surface area contributed by atoms with Crippen molar-refractivity contribution in [2.75, 3.05) is 13.2 Å². The van der Waals surface area contributed by atoms with Gasteiger partial charge in [-0.1, -0.05) is 192 Å². The molecule has 56 heavy (non-hydrogen) atoms. The van der Waals surface area contributed by atoms with E-state index < -0.39 is 6.10 Å². The second kappa shape index (κ2) is 45.3. The predicted octanol–water partition coefficient (Wildman–Crippen LogP) is 15.4. The lowest BCUT2D eigenvalue weighted by Gasteiger charge is -2.18. The summed E-state index contributed by atoms with van der Waals surface area (Å²) in [5.41, 5.74) is 0. The fourth-order valence-electron chi connectivity index (χ4n) is 6.69. The van der Waals surface area contributed by atoms with Crippen LogP contribution in [-0.4, -0.2) is 37.2 Å². The van der Waals surface area contributed by atoms with E-state index in [2.05, 4.69) is 57.2 Å². The Morgan fingerprint density at radius 2 is 0.661 bits per heavy atom.